The Labute approximate surface area is 110 Å². The van der Waals surface area contributed by atoms with Crippen LogP contribution < -0.4 is 5.32 Å². The molecule has 4 nitrogen and oxygen atoms in total. The van der Waals surface area contributed by atoms with Gasteiger partial charge in [0, 0.05) is 32.8 Å². The lowest BCUT2D eigenvalue weighted by Gasteiger charge is -2.39. The standard InChI is InChI=1S/C14H26N2O2/c1-10-6-7-16(9-13(10)18-3)14(17)12-5-4-11(2)15-8-12/h10-13,15H,4-9H2,1-3H3. The van der Waals surface area contributed by atoms with Gasteiger partial charge < -0.3 is 15.0 Å². The van der Waals surface area contributed by atoms with Crippen LogP contribution in [0.4, 0.5) is 0 Å². The quantitative estimate of drug-likeness (QED) is 0.806. The molecule has 18 heavy (non-hydrogen) atoms. The predicted octanol–water partition coefficient (Wildman–Crippen LogP) is 1.26. The summed E-state index contributed by atoms with van der Waals surface area (Å²) in [5.74, 6) is 1.05. The summed E-state index contributed by atoms with van der Waals surface area (Å²) in [4.78, 5) is 14.5. The molecule has 104 valence electrons. The molecular weight excluding hydrogens is 228 g/mol. The molecule has 2 aliphatic heterocycles. The van der Waals surface area contributed by atoms with Crippen LogP contribution in [0.3, 0.4) is 0 Å². The number of rotatable bonds is 2. The van der Waals surface area contributed by atoms with Gasteiger partial charge in [0.2, 0.25) is 5.91 Å². The van der Waals surface area contributed by atoms with E-state index in [1.165, 1.54) is 0 Å². The summed E-state index contributed by atoms with van der Waals surface area (Å²) >= 11 is 0. The summed E-state index contributed by atoms with van der Waals surface area (Å²) in [5, 5.41) is 3.41. The van der Waals surface area contributed by atoms with Crippen molar-refractivity contribution in [1.29, 1.82) is 0 Å². The highest BCUT2D eigenvalue weighted by molar-refractivity contribution is 5.79. The van der Waals surface area contributed by atoms with E-state index in [-0.39, 0.29) is 12.0 Å². The van der Waals surface area contributed by atoms with Crippen molar-refractivity contribution in [2.24, 2.45) is 11.8 Å². The Morgan fingerprint density at radius 2 is 2.06 bits per heavy atom. The first-order valence-corrected chi connectivity index (χ1v) is 7.16. The SMILES string of the molecule is COC1CN(C(=O)C2CCC(C)NC2)CCC1C. The van der Waals surface area contributed by atoms with Crippen LogP contribution in [0.25, 0.3) is 0 Å². The summed E-state index contributed by atoms with van der Waals surface area (Å²) in [6, 6.07) is 0.558. The Morgan fingerprint density at radius 3 is 2.67 bits per heavy atom. The van der Waals surface area contributed by atoms with Crippen molar-refractivity contribution in [2.45, 2.75) is 45.3 Å². The summed E-state index contributed by atoms with van der Waals surface area (Å²) in [5.41, 5.74) is 0. The van der Waals surface area contributed by atoms with Gasteiger partial charge in [-0.1, -0.05) is 6.92 Å². The minimum absolute atomic E-state index is 0.173. The third kappa shape index (κ3) is 3.04. The van der Waals surface area contributed by atoms with Gasteiger partial charge in [-0.25, -0.2) is 0 Å². The topological polar surface area (TPSA) is 41.6 Å². The number of likely N-dealkylation sites (tertiary alicyclic amines) is 1. The average molecular weight is 254 g/mol. The van der Waals surface area contributed by atoms with Crippen molar-refractivity contribution in [3.8, 4) is 0 Å². The Morgan fingerprint density at radius 1 is 1.28 bits per heavy atom. The van der Waals surface area contributed by atoms with Crippen molar-refractivity contribution in [3.05, 3.63) is 0 Å². The Hall–Kier alpha value is -0.610. The van der Waals surface area contributed by atoms with Crippen LogP contribution in [0.15, 0.2) is 0 Å². The lowest BCUT2D eigenvalue weighted by atomic mass is 9.91. The largest absolute Gasteiger partial charge is 0.379 e. The first kappa shape index (κ1) is 13.8. The van der Waals surface area contributed by atoms with E-state index in [2.05, 4.69) is 19.2 Å². The molecule has 2 fully saturated rings. The van der Waals surface area contributed by atoms with Crippen LogP contribution in [0.2, 0.25) is 0 Å². The van der Waals surface area contributed by atoms with Crippen molar-refractivity contribution >= 4 is 5.91 Å². The second-order valence-corrected chi connectivity index (χ2v) is 5.91. The maximum atomic E-state index is 12.5. The smallest absolute Gasteiger partial charge is 0.227 e. The van der Waals surface area contributed by atoms with Gasteiger partial charge in [-0.05, 0) is 32.1 Å². The van der Waals surface area contributed by atoms with Gasteiger partial charge in [0.15, 0.2) is 0 Å². The molecule has 1 N–H and O–H groups in total. The van der Waals surface area contributed by atoms with Crippen LogP contribution >= 0.6 is 0 Å². The van der Waals surface area contributed by atoms with E-state index >= 15 is 0 Å². The van der Waals surface area contributed by atoms with Gasteiger partial charge in [-0.2, -0.15) is 0 Å². The Kier molecular flexibility index (Phi) is 4.62. The van der Waals surface area contributed by atoms with Crippen molar-refractivity contribution < 1.29 is 9.53 Å². The molecule has 4 heteroatoms. The molecule has 0 aromatic heterocycles. The maximum absolute atomic E-state index is 12.5. The fourth-order valence-corrected chi connectivity index (χ4v) is 3.01. The van der Waals surface area contributed by atoms with Crippen LogP contribution in [0, 0.1) is 11.8 Å². The highest BCUT2D eigenvalue weighted by Gasteiger charge is 2.33. The van der Waals surface area contributed by atoms with Gasteiger partial charge in [0.1, 0.15) is 0 Å². The molecule has 2 rings (SSSR count). The summed E-state index contributed by atoms with van der Waals surface area (Å²) in [6.07, 6.45) is 3.39. The molecule has 2 saturated heterocycles. The first-order valence-electron chi connectivity index (χ1n) is 7.16. The van der Waals surface area contributed by atoms with Crippen LogP contribution in [-0.4, -0.2) is 49.7 Å². The molecular formula is C14H26N2O2. The van der Waals surface area contributed by atoms with E-state index < -0.39 is 0 Å². The van der Waals surface area contributed by atoms with Crippen LogP contribution in [-0.2, 0) is 9.53 Å². The van der Waals surface area contributed by atoms with Crippen molar-refractivity contribution in [1.82, 2.24) is 10.2 Å². The lowest BCUT2D eigenvalue weighted by molar-refractivity contribution is -0.141. The number of carbonyl (C=O) groups excluding carboxylic acids is 1. The number of nitrogens with zero attached hydrogens (tertiary/aromatic N) is 1. The minimum Gasteiger partial charge on any atom is -0.379 e. The maximum Gasteiger partial charge on any atom is 0.227 e. The monoisotopic (exact) mass is 254 g/mol. The second-order valence-electron chi connectivity index (χ2n) is 5.91. The number of nitrogens with one attached hydrogen (secondary N) is 1. The number of ether oxygens (including phenoxy) is 1. The number of carbonyl (C=O) groups is 1. The molecule has 4 unspecified atom stereocenters. The minimum atomic E-state index is 0.173. The van der Waals surface area contributed by atoms with Crippen LogP contribution in [0.5, 0.6) is 0 Å². The van der Waals surface area contributed by atoms with Gasteiger partial charge >= 0.3 is 0 Å². The zero-order valence-corrected chi connectivity index (χ0v) is 11.8. The fraction of sp³-hybridized carbons (Fsp3) is 0.929. The predicted molar refractivity (Wildman–Crippen MR) is 71.3 cm³/mol. The van der Waals surface area contributed by atoms with E-state index in [4.69, 9.17) is 4.74 Å². The zero-order valence-electron chi connectivity index (χ0n) is 11.8. The van der Waals surface area contributed by atoms with Gasteiger partial charge in [-0.3, -0.25) is 4.79 Å². The number of amides is 1. The first-order chi connectivity index (χ1) is 8.61. The molecule has 0 aromatic rings. The normalized spacial score (nSPS) is 37.6. The molecule has 2 aliphatic rings. The average Bonchev–Trinajstić information content (AvgIpc) is 2.39. The van der Waals surface area contributed by atoms with E-state index in [9.17, 15) is 4.79 Å². The molecule has 0 bridgehead atoms. The number of piperidine rings is 2. The molecule has 0 saturated carbocycles. The Balaban J connectivity index is 1.89. The van der Waals surface area contributed by atoms with Gasteiger partial charge in [0.05, 0.1) is 12.0 Å². The molecule has 0 spiro atoms. The van der Waals surface area contributed by atoms with Gasteiger partial charge in [0.25, 0.3) is 0 Å². The van der Waals surface area contributed by atoms with E-state index in [0.29, 0.717) is 17.9 Å². The molecule has 0 aromatic carbocycles. The lowest BCUT2D eigenvalue weighted by Crippen LogP contribution is -2.51. The third-order valence-electron chi connectivity index (χ3n) is 4.51. The Bertz CT molecular complexity index is 288. The van der Waals surface area contributed by atoms with E-state index in [1.54, 1.807) is 7.11 Å². The van der Waals surface area contributed by atoms with E-state index in [0.717, 1.165) is 38.9 Å². The van der Waals surface area contributed by atoms with Gasteiger partial charge in [-0.15, -0.1) is 0 Å². The number of hydrogen-bond donors (Lipinski definition) is 1. The molecule has 4 atom stereocenters. The summed E-state index contributed by atoms with van der Waals surface area (Å²) < 4.78 is 5.48. The number of hydrogen-bond acceptors (Lipinski definition) is 3. The van der Waals surface area contributed by atoms with Crippen molar-refractivity contribution in [3.63, 3.8) is 0 Å². The molecule has 0 aliphatic carbocycles. The number of methoxy groups -OCH3 is 1. The summed E-state index contributed by atoms with van der Waals surface area (Å²) in [7, 11) is 1.75. The molecule has 2 heterocycles. The van der Waals surface area contributed by atoms with E-state index in [1.807, 2.05) is 4.90 Å². The van der Waals surface area contributed by atoms with Crippen molar-refractivity contribution in [2.75, 3.05) is 26.7 Å². The summed E-state index contributed by atoms with van der Waals surface area (Å²) in [6.45, 7) is 6.89. The third-order valence-corrected chi connectivity index (χ3v) is 4.51. The highest BCUT2D eigenvalue weighted by Crippen LogP contribution is 2.23. The second kappa shape index (κ2) is 6.02. The molecule has 1 amide bonds. The zero-order chi connectivity index (χ0) is 13.1. The highest BCUT2D eigenvalue weighted by atomic mass is 16.5. The molecule has 0 radical (unpaired) electrons. The van der Waals surface area contributed by atoms with Crippen LogP contribution in [0.1, 0.15) is 33.1 Å². The fourth-order valence-electron chi connectivity index (χ4n) is 3.01.